The Labute approximate surface area is 144 Å². The molecule has 24 heavy (non-hydrogen) atoms. The van der Waals surface area contributed by atoms with Gasteiger partial charge >= 0.3 is 0 Å². The van der Waals surface area contributed by atoms with E-state index in [1.54, 1.807) is 12.1 Å². The van der Waals surface area contributed by atoms with Gasteiger partial charge in [-0.2, -0.15) is 4.31 Å². The summed E-state index contributed by atoms with van der Waals surface area (Å²) in [5, 5.41) is 10.1. The minimum absolute atomic E-state index is 0.233. The molecule has 1 N–H and O–H groups in total. The molecule has 1 saturated heterocycles. The van der Waals surface area contributed by atoms with Crippen LogP contribution in [0.3, 0.4) is 0 Å². The van der Waals surface area contributed by atoms with E-state index in [4.69, 9.17) is 4.74 Å². The average Bonchev–Trinajstić information content (AvgIpc) is 3.40. The van der Waals surface area contributed by atoms with Crippen molar-refractivity contribution in [2.24, 2.45) is 5.92 Å². The molecule has 1 aliphatic heterocycles. The van der Waals surface area contributed by atoms with Crippen LogP contribution in [0.5, 0.6) is 5.75 Å². The van der Waals surface area contributed by atoms with Crippen LogP contribution in [0.1, 0.15) is 18.4 Å². The van der Waals surface area contributed by atoms with E-state index in [-0.39, 0.29) is 11.0 Å². The summed E-state index contributed by atoms with van der Waals surface area (Å²) in [5.41, 5.74) is 0.889. The van der Waals surface area contributed by atoms with Crippen molar-refractivity contribution in [3.63, 3.8) is 0 Å². The number of aliphatic hydroxyl groups excluding tert-OH is 1. The first kappa shape index (κ1) is 17.7. The van der Waals surface area contributed by atoms with Crippen molar-refractivity contribution in [3.05, 3.63) is 23.8 Å². The second kappa shape index (κ2) is 7.00. The second-order valence-corrected chi connectivity index (χ2v) is 8.67. The first-order valence-electron chi connectivity index (χ1n) is 8.47. The zero-order chi connectivity index (χ0) is 17.3. The molecule has 2 aliphatic rings. The van der Waals surface area contributed by atoms with E-state index in [9.17, 15) is 13.5 Å². The molecule has 6 nitrogen and oxygen atoms in total. The van der Waals surface area contributed by atoms with Crippen LogP contribution in [0, 0.1) is 12.8 Å². The van der Waals surface area contributed by atoms with E-state index in [1.807, 2.05) is 13.0 Å². The molecule has 0 bridgehead atoms. The number of rotatable bonds is 6. The van der Waals surface area contributed by atoms with Gasteiger partial charge in [-0.25, -0.2) is 8.42 Å². The maximum atomic E-state index is 12.9. The summed E-state index contributed by atoms with van der Waals surface area (Å²) in [4.78, 5) is 2.39. The Bertz CT molecular complexity index is 680. The lowest BCUT2D eigenvalue weighted by Crippen LogP contribution is -2.50. The summed E-state index contributed by atoms with van der Waals surface area (Å²) in [6.45, 7) is 4.70. The monoisotopic (exact) mass is 354 g/mol. The molecule has 0 radical (unpaired) electrons. The minimum Gasteiger partial charge on any atom is -0.495 e. The van der Waals surface area contributed by atoms with Crippen molar-refractivity contribution >= 4 is 10.0 Å². The van der Waals surface area contributed by atoms with E-state index in [0.29, 0.717) is 44.4 Å². The van der Waals surface area contributed by atoms with Crippen LogP contribution >= 0.6 is 0 Å². The summed E-state index contributed by atoms with van der Waals surface area (Å²) in [6, 6.07) is 5.21. The van der Waals surface area contributed by atoms with Crippen LogP contribution in [0.2, 0.25) is 0 Å². The molecule has 1 heterocycles. The molecule has 1 aliphatic carbocycles. The largest absolute Gasteiger partial charge is 0.495 e. The minimum atomic E-state index is -3.56. The maximum Gasteiger partial charge on any atom is 0.246 e. The standard InChI is InChI=1S/C17H26N2O4S/c1-13-3-6-16(23-2)17(11-13)24(21,22)19-9-7-18(8-10-19)12-15(20)14-4-5-14/h3,6,11,14-15,20H,4-5,7-10,12H2,1-2H3/t15-/m0/s1. The highest BCUT2D eigenvalue weighted by Crippen LogP contribution is 2.33. The fourth-order valence-electron chi connectivity index (χ4n) is 3.17. The molecular formula is C17H26N2O4S. The van der Waals surface area contributed by atoms with Gasteiger partial charge in [0, 0.05) is 32.7 Å². The number of sulfonamides is 1. The number of methoxy groups -OCH3 is 1. The first-order chi connectivity index (χ1) is 11.4. The number of hydrogen-bond acceptors (Lipinski definition) is 5. The van der Waals surface area contributed by atoms with Gasteiger partial charge in [0.1, 0.15) is 10.6 Å². The topological polar surface area (TPSA) is 70.1 Å². The number of nitrogens with zero attached hydrogens (tertiary/aromatic N) is 2. The highest BCUT2D eigenvalue weighted by atomic mass is 32.2. The molecule has 3 rings (SSSR count). The average molecular weight is 354 g/mol. The number of benzene rings is 1. The fourth-order valence-corrected chi connectivity index (χ4v) is 4.83. The van der Waals surface area contributed by atoms with E-state index < -0.39 is 10.0 Å². The number of aliphatic hydroxyl groups is 1. The van der Waals surface area contributed by atoms with Crippen molar-refractivity contribution in [3.8, 4) is 5.75 Å². The summed E-state index contributed by atoms with van der Waals surface area (Å²) in [5.74, 6) is 0.829. The smallest absolute Gasteiger partial charge is 0.246 e. The Morgan fingerprint density at radius 1 is 1.25 bits per heavy atom. The van der Waals surface area contributed by atoms with Crippen molar-refractivity contribution in [1.82, 2.24) is 9.21 Å². The summed E-state index contributed by atoms with van der Waals surface area (Å²) in [6.07, 6.45) is 1.95. The molecule has 2 fully saturated rings. The highest BCUT2D eigenvalue weighted by molar-refractivity contribution is 7.89. The van der Waals surface area contributed by atoms with Gasteiger partial charge in [0.25, 0.3) is 0 Å². The third-order valence-electron chi connectivity index (χ3n) is 4.88. The molecule has 1 atom stereocenters. The van der Waals surface area contributed by atoms with Crippen LogP contribution in [-0.2, 0) is 10.0 Å². The van der Waals surface area contributed by atoms with Gasteiger partial charge in [-0.3, -0.25) is 4.90 Å². The number of ether oxygens (including phenoxy) is 1. The summed E-state index contributed by atoms with van der Waals surface area (Å²) < 4.78 is 32.6. The van der Waals surface area contributed by atoms with E-state index in [0.717, 1.165) is 18.4 Å². The van der Waals surface area contributed by atoms with Crippen molar-refractivity contribution in [2.45, 2.75) is 30.8 Å². The van der Waals surface area contributed by atoms with Gasteiger partial charge in [-0.1, -0.05) is 6.07 Å². The van der Waals surface area contributed by atoms with E-state index in [2.05, 4.69) is 4.90 Å². The Morgan fingerprint density at radius 3 is 2.50 bits per heavy atom. The zero-order valence-electron chi connectivity index (χ0n) is 14.3. The van der Waals surface area contributed by atoms with Crippen LogP contribution in [-0.4, -0.2) is 68.7 Å². The molecule has 0 unspecified atom stereocenters. The third kappa shape index (κ3) is 3.74. The van der Waals surface area contributed by atoms with Gasteiger partial charge in [0.05, 0.1) is 13.2 Å². The predicted molar refractivity (Wildman–Crippen MR) is 91.7 cm³/mol. The SMILES string of the molecule is COc1ccc(C)cc1S(=O)(=O)N1CCN(C[C@H](O)C2CC2)CC1. The third-order valence-corrected chi connectivity index (χ3v) is 6.80. The molecule has 1 aromatic rings. The molecular weight excluding hydrogens is 328 g/mol. The molecule has 0 amide bonds. The number of aryl methyl sites for hydroxylation is 1. The van der Waals surface area contributed by atoms with Crippen LogP contribution < -0.4 is 4.74 Å². The van der Waals surface area contributed by atoms with E-state index >= 15 is 0 Å². The maximum absolute atomic E-state index is 12.9. The molecule has 134 valence electrons. The van der Waals surface area contributed by atoms with Gasteiger partial charge in [0.15, 0.2) is 0 Å². The second-order valence-electron chi connectivity index (χ2n) is 6.76. The highest BCUT2D eigenvalue weighted by Gasteiger charge is 2.34. The number of β-amino-alcohol motifs (C(OH)–C–C–N with tert-alkyl or cyclic N) is 1. The molecule has 1 aromatic carbocycles. The van der Waals surface area contributed by atoms with Crippen LogP contribution in [0.4, 0.5) is 0 Å². The summed E-state index contributed by atoms with van der Waals surface area (Å²) >= 11 is 0. The molecule has 0 aromatic heterocycles. The molecule has 0 spiro atoms. The number of piperazine rings is 1. The lowest BCUT2D eigenvalue weighted by atomic mass is 10.2. The fraction of sp³-hybridized carbons (Fsp3) is 0.647. The Kier molecular flexibility index (Phi) is 5.15. The molecule has 7 heteroatoms. The Balaban J connectivity index is 1.67. The van der Waals surface area contributed by atoms with Crippen LogP contribution in [0.15, 0.2) is 23.1 Å². The normalized spacial score (nSPS) is 21.6. The number of hydrogen-bond donors (Lipinski definition) is 1. The van der Waals surface area contributed by atoms with E-state index in [1.165, 1.54) is 11.4 Å². The molecule has 1 saturated carbocycles. The van der Waals surface area contributed by atoms with Crippen LogP contribution in [0.25, 0.3) is 0 Å². The summed E-state index contributed by atoms with van der Waals surface area (Å²) in [7, 11) is -2.08. The van der Waals surface area contributed by atoms with Gasteiger partial charge in [-0.15, -0.1) is 0 Å². The quantitative estimate of drug-likeness (QED) is 0.828. The van der Waals surface area contributed by atoms with Crippen molar-refractivity contribution in [2.75, 3.05) is 39.8 Å². The lowest BCUT2D eigenvalue weighted by Gasteiger charge is -2.35. The predicted octanol–water partition coefficient (Wildman–Crippen LogP) is 1.08. The Hall–Kier alpha value is -1.15. The zero-order valence-corrected chi connectivity index (χ0v) is 15.1. The van der Waals surface area contributed by atoms with Crippen molar-refractivity contribution in [1.29, 1.82) is 0 Å². The lowest BCUT2D eigenvalue weighted by molar-refractivity contribution is 0.0781. The van der Waals surface area contributed by atoms with Crippen molar-refractivity contribution < 1.29 is 18.3 Å². The first-order valence-corrected chi connectivity index (χ1v) is 9.91. The Morgan fingerprint density at radius 2 is 1.92 bits per heavy atom. The van der Waals surface area contributed by atoms with Gasteiger partial charge in [0.2, 0.25) is 10.0 Å². The van der Waals surface area contributed by atoms with Gasteiger partial charge in [-0.05, 0) is 43.4 Å². The van der Waals surface area contributed by atoms with Gasteiger partial charge < -0.3 is 9.84 Å².